The summed E-state index contributed by atoms with van der Waals surface area (Å²) in [6.45, 7) is 24.1. The number of nitrogens with zero attached hydrogens (tertiary/aromatic N) is 1. The van der Waals surface area contributed by atoms with Crippen molar-refractivity contribution in [3.8, 4) is 0 Å². The highest BCUT2D eigenvalue weighted by molar-refractivity contribution is 5.81. The fourth-order valence-electron chi connectivity index (χ4n) is 13.3. The Kier molecular flexibility index (Phi) is 9.06. The number of aliphatic carboxylic acids is 1. The Morgan fingerprint density at radius 3 is 2.20 bits per heavy atom. The van der Waals surface area contributed by atoms with Crippen LogP contribution in [0.5, 0.6) is 0 Å². The van der Waals surface area contributed by atoms with E-state index in [-0.39, 0.29) is 29.3 Å². The van der Waals surface area contributed by atoms with Gasteiger partial charge in [0.25, 0.3) is 0 Å². The van der Waals surface area contributed by atoms with E-state index in [4.69, 9.17) is 4.74 Å². The number of carboxylic acid groups (broad SMARTS) is 1. The molecule has 5 aliphatic rings. The van der Waals surface area contributed by atoms with E-state index in [2.05, 4.69) is 67.1 Å². The smallest absolute Gasteiger partial charge is 0.309 e. The summed E-state index contributed by atoms with van der Waals surface area (Å²) in [6.07, 6.45) is 15.0. The van der Waals surface area contributed by atoms with Gasteiger partial charge in [-0.2, -0.15) is 0 Å². The zero-order chi connectivity index (χ0) is 33.4. The van der Waals surface area contributed by atoms with Crippen LogP contribution in [-0.2, 0) is 14.3 Å². The average Bonchev–Trinajstić information content (AvgIpc) is 3.30. The topological polar surface area (TPSA) is 66.8 Å². The summed E-state index contributed by atoms with van der Waals surface area (Å²) in [6, 6.07) is 0. The molecule has 1 N–H and O–H groups in total. The lowest BCUT2D eigenvalue weighted by atomic mass is 9.32. The first-order chi connectivity index (χ1) is 20.7. The van der Waals surface area contributed by atoms with Gasteiger partial charge in [0.1, 0.15) is 6.10 Å². The predicted molar refractivity (Wildman–Crippen MR) is 183 cm³/mol. The van der Waals surface area contributed by atoms with Gasteiger partial charge in [-0.15, -0.1) is 0 Å². The van der Waals surface area contributed by atoms with Crippen LogP contribution in [0.4, 0.5) is 0 Å². The van der Waals surface area contributed by atoms with Crippen molar-refractivity contribution < 1.29 is 19.4 Å². The maximum Gasteiger partial charge on any atom is 0.309 e. The lowest BCUT2D eigenvalue weighted by Crippen LogP contribution is -2.66. The molecule has 45 heavy (non-hydrogen) atoms. The van der Waals surface area contributed by atoms with Gasteiger partial charge < -0.3 is 14.7 Å². The molecule has 5 saturated carbocycles. The van der Waals surface area contributed by atoms with Gasteiger partial charge in [-0.1, -0.05) is 46.8 Å². The van der Waals surface area contributed by atoms with Gasteiger partial charge in [-0.05, 0) is 170 Å². The molecule has 0 heterocycles. The Morgan fingerprint density at radius 1 is 0.889 bits per heavy atom. The molecule has 0 aliphatic heterocycles. The third kappa shape index (κ3) is 5.45. The molecule has 0 amide bonds. The van der Waals surface area contributed by atoms with Crippen LogP contribution < -0.4 is 0 Å². The van der Waals surface area contributed by atoms with Crippen LogP contribution in [0.25, 0.3) is 0 Å². The van der Waals surface area contributed by atoms with E-state index in [0.29, 0.717) is 34.0 Å². The summed E-state index contributed by atoms with van der Waals surface area (Å²) in [5.41, 5.74) is 1.54. The number of carboxylic acids is 1. The minimum atomic E-state index is -1.11. The Balaban J connectivity index is 1.40. The lowest BCUT2D eigenvalue weighted by molar-refractivity contribution is -0.250. The van der Waals surface area contributed by atoms with Gasteiger partial charge in [0.05, 0.1) is 11.8 Å². The van der Waals surface area contributed by atoms with E-state index in [1.54, 1.807) is 13.8 Å². The average molecular weight is 626 g/mol. The van der Waals surface area contributed by atoms with Crippen molar-refractivity contribution in [2.45, 2.75) is 145 Å². The van der Waals surface area contributed by atoms with Crippen LogP contribution in [0, 0.1) is 62.1 Å². The Bertz CT molecular complexity index is 1170. The van der Waals surface area contributed by atoms with E-state index >= 15 is 0 Å². The fourth-order valence-corrected chi connectivity index (χ4v) is 13.3. The van der Waals surface area contributed by atoms with Crippen LogP contribution in [0.2, 0.25) is 0 Å². The van der Waals surface area contributed by atoms with Gasteiger partial charge in [-0.3, -0.25) is 9.59 Å². The van der Waals surface area contributed by atoms with Crippen molar-refractivity contribution >= 4 is 11.9 Å². The molecule has 0 aromatic carbocycles. The monoisotopic (exact) mass is 626 g/mol. The number of esters is 1. The van der Waals surface area contributed by atoms with Gasteiger partial charge >= 0.3 is 11.9 Å². The Labute approximate surface area is 275 Å². The zero-order valence-corrected chi connectivity index (χ0v) is 30.7. The highest BCUT2D eigenvalue weighted by atomic mass is 16.5. The first kappa shape index (κ1) is 35.0. The highest BCUT2D eigenvalue weighted by Crippen LogP contribution is 2.78. The molecule has 0 aromatic rings. The number of allylic oxidation sites excluding steroid dienone is 1. The largest absolute Gasteiger partial charge is 0.481 e. The maximum absolute atomic E-state index is 13.0. The predicted octanol–water partition coefficient (Wildman–Crippen LogP) is 9.40. The first-order valence-electron chi connectivity index (χ1n) is 18.5. The molecule has 5 heteroatoms. The van der Waals surface area contributed by atoms with Gasteiger partial charge in [0.15, 0.2) is 0 Å². The number of hydrogen-bond donors (Lipinski definition) is 1. The van der Waals surface area contributed by atoms with Crippen molar-refractivity contribution in [2.75, 3.05) is 20.6 Å². The number of carbonyl (C=O) groups excluding carboxylic acids is 1. The summed E-state index contributed by atoms with van der Waals surface area (Å²) in [5.74, 6) is 2.09. The molecule has 5 nitrogen and oxygen atoms in total. The summed E-state index contributed by atoms with van der Waals surface area (Å²) in [7, 11) is 4.44. The van der Waals surface area contributed by atoms with Crippen molar-refractivity contribution in [1.82, 2.24) is 4.90 Å². The van der Waals surface area contributed by atoms with Crippen LogP contribution in [-0.4, -0.2) is 48.7 Å². The molecular formula is C40H67NO4. The van der Waals surface area contributed by atoms with Crippen molar-refractivity contribution in [2.24, 2.45) is 62.1 Å². The van der Waals surface area contributed by atoms with Crippen molar-refractivity contribution in [3.63, 3.8) is 0 Å². The molecule has 5 aliphatic carbocycles. The fraction of sp³-hybridized carbons (Fsp3) is 0.900. The maximum atomic E-state index is 13.0. The summed E-state index contributed by atoms with van der Waals surface area (Å²) >= 11 is 0. The third-order valence-corrected chi connectivity index (χ3v) is 15.9. The van der Waals surface area contributed by atoms with Crippen LogP contribution in [0.3, 0.4) is 0 Å². The second-order valence-corrected chi connectivity index (χ2v) is 19.2. The van der Waals surface area contributed by atoms with Crippen LogP contribution in [0.1, 0.15) is 139 Å². The number of ether oxygens (including phenoxy) is 1. The van der Waals surface area contributed by atoms with Crippen LogP contribution >= 0.6 is 0 Å². The normalized spacial score (nSPS) is 43.9. The molecule has 0 bridgehead atoms. The van der Waals surface area contributed by atoms with Gasteiger partial charge in [0.2, 0.25) is 0 Å². The molecule has 256 valence electrons. The van der Waals surface area contributed by atoms with Gasteiger partial charge in [-0.25, -0.2) is 0 Å². The van der Waals surface area contributed by atoms with E-state index < -0.39 is 11.4 Å². The van der Waals surface area contributed by atoms with E-state index in [0.717, 1.165) is 24.7 Å². The molecule has 10 atom stereocenters. The molecule has 0 saturated heterocycles. The second-order valence-electron chi connectivity index (χ2n) is 19.2. The third-order valence-electron chi connectivity index (χ3n) is 15.9. The summed E-state index contributed by atoms with van der Waals surface area (Å²) in [5, 5.41) is 9.57. The molecule has 5 fully saturated rings. The summed E-state index contributed by atoms with van der Waals surface area (Å²) < 4.78 is 6.18. The van der Waals surface area contributed by atoms with Crippen molar-refractivity contribution in [3.05, 3.63) is 12.2 Å². The number of hydrogen-bond acceptors (Lipinski definition) is 4. The molecule has 5 rings (SSSR count). The van der Waals surface area contributed by atoms with Crippen molar-refractivity contribution in [1.29, 1.82) is 0 Å². The van der Waals surface area contributed by atoms with Gasteiger partial charge in [0, 0.05) is 5.41 Å². The number of fused-ring (bicyclic) bond motifs is 7. The summed E-state index contributed by atoms with van der Waals surface area (Å²) in [4.78, 5) is 27.1. The Hall–Kier alpha value is -1.36. The molecule has 0 radical (unpaired) electrons. The second kappa shape index (κ2) is 11.7. The molecule has 1 unspecified atom stereocenters. The zero-order valence-electron chi connectivity index (χ0n) is 30.7. The molecular weight excluding hydrogens is 558 g/mol. The minimum absolute atomic E-state index is 0.0831. The Morgan fingerprint density at radius 2 is 1.58 bits per heavy atom. The molecule has 0 spiro atoms. The highest BCUT2D eigenvalue weighted by Gasteiger charge is 2.71. The molecule has 0 aromatic heterocycles. The first-order valence-corrected chi connectivity index (χ1v) is 18.5. The number of rotatable bonds is 9. The van der Waals surface area contributed by atoms with E-state index in [9.17, 15) is 14.7 Å². The lowest BCUT2D eigenvalue weighted by Gasteiger charge is -2.73. The standard InChI is InChI=1S/C40H67NO4/c1-26(2)27-15-21-40(18-12-24-41(10)11)23-22-38(8)28(33(27)40)13-14-30-37(7)19-17-31(45-32(42)25-35(3,4)34(43)44)36(5,6)29(37)16-20-39(30,38)9/h27-31,33H,1,12-25H2,2-11H3,(H,43,44)/t27?,28-,29+,30-,31+,33-,37+,38-,39-,40-/m1/s1. The minimum Gasteiger partial charge on any atom is -0.481 e. The van der Waals surface area contributed by atoms with Crippen LogP contribution in [0.15, 0.2) is 12.2 Å². The number of carbonyl (C=O) groups is 2. The van der Waals surface area contributed by atoms with E-state index in [1.165, 1.54) is 76.3 Å². The van der Waals surface area contributed by atoms with E-state index in [1.807, 2.05) is 0 Å². The quantitative estimate of drug-likeness (QED) is 0.204. The SMILES string of the molecule is C=C(C)C1CC[C@]2(CCCN(C)C)CC[C@]3(C)[C@H](CC[C@@H]4[C@@]5(C)CC[C@H](OC(=O)CC(C)(C)C(=O)O)C(C)(C)[C@@H]5CC[C@]43C)[C@@H]12.